The fourth-order valence-electron chi connectivity index (χ4n) is 2.50. The van der Waals surface area contributed by atoms with Crippen LogP contribution >= 0.6 is 11.6 Å². The SMILES string of the molecule is CCc1ccc(C(Cc2cc(Cl)ccc2OC)NC)cc1. The van der Waals surface area contributed by atoms with Crippen molar-refractivity contribution in [3.05, 3.63) is 64.2 Å². The molecule has 0 spiro atoms. The number of hydrogen-bond acceptors (Lipinski definition) is 2. The van der Waals surface area contributed by atoms with Crippen LogP contribution in [0.15, 0.2) is 42.5 Å². The zero-order valence-corrected chi connectivity index (χ0v) is 13.6. The van der Waals surface area contributed by atoms with E-state index in [1.807, 2.05) is 25.2 Å². The van der Waals surface area contributed by atoms with E-state index in [0.717, 1.165) is 29.2 Å². The standard InChI is InChI=1S/C18H22ClNO/c1-4-13-5-7-14(8-6-13)17(20-2)12-15-11-16(19)9-10-18(15)21-3/h5-11,17,20H,4,12H2,1-3H3. The van der Waals surface area contributed by atoms with Gasteiger partial charge in [0.25, 0.3) is 0 Å². The van der Waals surface area contributed by atoms with E-state index in [2.05, 4.69) is 36.5 Å². The van der Waals surface area contributed by atoms with E-state index in [9.17, 15) is 0 Å². The van der Waals surface area contributed by atoms with Crippen molar-refractivity contribution in [3.8, 4) is 5.75 Å². The van der Waals surface area contributed by atoms with Crippen molar-refractivity contribution >= 4 is 11.6 Å². The number of halogens is 1. The normalized spacial score (nSPS) is 12.2. The lowest BCUT2D eigenvalue weighted by molar-refractivity contribution is 0.406. The van der Waals surface area contributed by atoms with Gasteiger partial charge in [0, 0.05) is 11.1 Å². The molecule has 2 rings (SSSR count). The predicted octanol–water partition coefficient (Wildman–Crippen LogP) is 4.41. The van der Waals surface area contributed by atoms with E-state index in [1.165, 1.54) is 11.1 Å². The highest BCUT2D eigenvalue weighted by Crippen LogP contribution is 2.27. The molecule has 0 aliphatic carbocycles. The first kappa shape index (κ1) is 15.9. The smallest absolute Gasteiger partial charge is 0.122 e. The van der Waals surface area contributed by atoms with Gasteiger partial charge in [-0.1, -0.05) is 42.8 Å². The molecule has 112 valence electrons. The molecule has 2 aromatic rings. The Balaban J connectivity index is 2.23. The molecule has 0 heterocycles. The summed E-state index contributed by atoms with van der Waals surface area (Å²) in [5, 5.41) is 4.11. The third-order valence-corrected chi connectivity index (χ3v) is 4.04. The van der Waals surface area contributed by atoms with Gasteiger partial charge in [-0.25, -0.2) is 0 Å². The van der Waals surface area contributed by atoms with Gasteiger partial charge in [0.05, 0.1) is 7.11 Å². The second kappa shape index (κ2) is 7.48. The quantitative estimate of drug-likeness (QED) is 0.853. The van der Waals surface area contributed by atoms with Gasteiger partial charge in [-0.15, -0.1) is 0 Å². The molecule has 3 heteroatoms. The first-order valence-electron chi connectivity index (χ1n) is 7.26. The summed E-state index contributed by atoms with van der Waals surface area (Å²) < 4.78 is 5.43. The molecule has 0 aliphatic heterocycles. The van der Waals surface area contributed by atoms with Gasteiger partial charge < -0.3 is 10.1 Å². The Hall–Kier alpha value is -1.51. The zero-order chi connectivity index (χ0) is 15.2. The number of benzene rings is 2. The highest BCUT2D eigenvalue weighted by atomic mass is 35.5. The minimum absolute atomic E-state index is 0.239. The Morgan fingerprint density at radius 3 is 2.43 bits per heavy atom. The first-order valence-corrected chi connectivity index (χ1v) is 7.64. The fraction of sp³-hybridized carbons (Fsp3) is 0.333. The van der Waals surface area contributed by atoms with Gasteiger partial charge in [0.15, 0.2) is 0 Å². The maximum atomic E-state index is 6.11. The maximum Gasteiger partial charge on any atom is 0.122 e. The van der Waals surface area contributed by atoms with Crippen LogP contribution in [0.2, 0.25) is 5.02 Å². The minimum atomic E-state index is 0.239. The van der Waals surface area contributed by atoms with Crippen LogP contribution in [0.1, 0.15) is 29.7 Å². The van der Waals surface area contributed by atoms with Crippen LogP contribution in [0.25, 0.3) is 0 Å². The lowest BCUT2D eigenvalue weighted by Gasteiger charge is -2.19. The van der Waals surface area contributed by atoms with Crippen LogP contribution in [0.4, 0.5) is 0 Å². The van der Waals surface area contributed by atoms with Gasteiger partial charge in [0.2, 0.25) is 0 Å². The molecule has 2 aromatic carbocycles. The number of hydrogen-bond donors (Lipinski definition) is 1. The topological polar surface area (TPSA) is 21.3 Å². The molecule has 0 aliphatic rings. The van der Waals surface area contributed by atoms with Crippen molar-refractivity contribution in [2.45, 2.75) is 25.8 Å². The Morgan fingerprint density at radius 2 is 1.86 bits per heavy atom. The summed E-state index contributed by atoms with van der Waals surface area (Å²) >= 11 is 6.11. The van der Waals surface area contributed by atoms with Crippen LogP contribution in [-0.2, 0) is 12.8 Å². The van der Waals surface area contributed by atoms with Crippen LogP contribution in [0.5, 0.6) is 5.75 Å². The summed E-state index contributed by atoms with van der Waals surface area (Å²) in [6.45, 7) is 2.17. The summed E-state index contributed by atoms with van der Waals surface area (Å²) in [5.41, 5.74) is 3.74. The molecule has 21 heavy (non-hydrogen) atoms. The molecular weight excluding hydrogens is 282 g/mol. The Bertz CT molecular complexity index is 580. The van der Waals surface area contributed by atoms with Crippen molar-refractivity contribution in [3.63, 3.8) is 0 Å². The minimum Gasteiger partial charge on any atom is -0.496 e. The molecule has 0 radical (unpaired) electrons. The fourth-order valence-corrected chi connectivity index (χ4v) is 2.69. The summed E-state index contributed by atoms with van der Waals surface area (Å²) in [6, 6.07) is 14.8. The van der Waals surface area contributed by atoms with Crippen molar-refractivity contribution < 1.29 is 4.74 Å². The third-order valence-electron chi connectivity index (χ3n) is 3.81. The van der Waals surface area contributed by atoms with Crippen LogP contribution < -0.4 is 10.1 Å². The molecular formula is C18H22ClNO. The third kappa shape index (κ3) is 3.99. The second-order valence-electron chi connectivity index (χ2n) is 5.10. The highest BCUT2D eigenvalue weighted by Gasteiger charge is 2.13. The van der Waals surface area contributed by atoms with E-state index < -0.39 is 0 Å². The van der Waals surface area contributed by atoms with E-state index in [4.69, 9.17) is 16.3 Å². The average molecular weight is 304 g/mol. The average Bonchev–Trinajstić information content (AvgIpc) is 2.53. The number of likely N-dealkylation sites (N-methyl/N-ethyl adjacent to an activating group) is 1. The molecule has 0 amide bonds. The second-order valence-corrected chi connectivity index (χ2v) is 5.53. The molecule has 1 atom stereocenters. The molecule has 1 N–H and O–H groups in total. The zero-order valence-electron chi connectivity index (χ0n) is 12.8. The Kier molecular flexibility index (Phi) is 5.66. The van der Waals surface area contributed by atoms with Gasteiger partial charge in [-0.2, -0.15) is 0 Å². The van der Waals surface area contributed by atoms with Crippen molar-refractivity contribution in [1.82, 2.24) is 5.32 Å². The molecule has 0 saturated carbocycles. The molecule has 0 aromatic heterocycles. The summed E-state index contributed by atoms with van der Waals surface area (Å²) in [7, 11) is 3.67. The molecule has 2 nitrogen and oxygen atoms in total. The van der Waals surface area contributed by atoms with E-state index >= 15 is 0 Å². The van der Waals surface area contributed by atoms with Gasteiger partial charge in [-0.3, -0.25) is 0 Å². The monoisotopic (exact) mass is 303 g/mol. The van der Waals surface area contributed by atoms with Crippen molar-refractivity contribution in [1.29, 1.82) is 0 Å². The van der Waals surface area contributed by atoms with Crippen LogP contribution in [-0.4, -0.2) is 14.2 Å². The summed E-state index contributed by atoms with van der Waals surface area (Å²) in [5.74, 6) is 0.879. The van der Waals surface area contributed by atoms with Crippen LogP contribution in [0, 0.1) is 0 Å². The van der Waals surface area contributed by atoms with E-state index in [-0.39, 0.29) is 6.04 Å². The number of ether oxygens (including phenoxy) is 1. The van der Waals surface area contributed by atoms with Crippen molar-refractivity contribution in [2.24, 2.45) is 0 Å². The number of aryl methyl sites for hydroxylation is 1. The Labute approximate surface area is 132 Å². The van der Waals surface area contributed by atoms with Crippen molar-refractivity contribution in [2.75, 3.05) is 14.2 Å². The van der Waals surface area contributed by atoms with E-state index in [1.54, 1.807) is 7.11 Å². The highest BCUT2D eigenvalue weighted by molar-refractivity contribution is 6.30. The molecule has 0 fully saturated rings. The molecule has 0 saturated heterocycles. The molecule has 1 unspecified atom stereocenters. The van der Waals surface area contributed by atoms with Crippen LogP contribution in [0.3, 0.4) is 0 Å². The number of rotatable bonds is 6. The van der Waals surface area contributed by atoms with E-state index in [0.29, 0.717) is 0 Å². The number of nitrogens with one attached hydrogen (secondary N) is 1. The maximum absolute atomic E-state index is 6.11. The largest absolute Gasteiger partial charge is 0.496 e. The lowest BCUT2D eigenvalue weighted by atomic mass is 9.97. The number of methoxy groups -OCH3 is 1. The summed E-state index contributed by atoms with van der Waals surface area (Å²) in [6.07, 6.45) is 1.90. The molecule has 0 bridgehead atoms. The van der Waals surface area contributed by atoms with Gasteiger partial charge >= 0.3 is 0 Å². The van der Waals surface area contributed by atoms with Gasteiger partial charge in [0.1, 0.15) is 5.75 Å². The van der Waals surface area contributed by atoms with Gasteiger partial charge in [-0.05, 0) is 54.8 Å². The summed E-state index contributed by atoms with van der Waals surface area (Å²) in [4.78, 5) is 0. The predicted molar refractivity (Wildman–Crippen MR) is 89.3 cm³/mol. The Morgan fingerprint density at radius 1 is 1.14 bits per heavy atom. The lowest BCUT2D eigenvalue weighted by Crippen LogP contribution is -2.19. The first-order chi connectivity index (χ1) is 10.2.